The van der Waals surface area contributed by atoms with Crippen LogP contribution < -0.4 is 21.6 Å². The monoisotopic (exact) mass is 450 g/mol. The first-order valence-corrected chi connectivity index (χ1v) is 10.5. The van der Waals surface area contributed by atoms with Gasteiger partial charge in [0.25, 0.3) is 0 Å². The molecule has 5 rings (SSSR count). The van der Waals surface area contributed by atoms with Crippen LogP contribution in [0.15, 0.2) is 49.0 Å². The number of halogens is 1. The van der Waals surface area contributed by atoms with Crippen LogP contribution in [0.4, 0.5) is 5.69 Å². The van der Waals surface area contributed by atoms with E-state index < -0.39 is 5.91 Å². The molecule has 1 radical (unpaired) electrons. The Balaban J connectivity index is 1.64. The Morgan fingerprint density at radius 2 is 2.12 bits per heavy atom. The highest BCUT2D eigenvalue weighted by molar-refractivity contribution is 6.37. The lowest BCUT2D eigenvalue weighted by Crippen LogP contribution is -2.27. The van der Waals surface area contributed by atoms with Crippen molar-refractivity contribution in [2.75, 3.05) is 5.01 Å². The molecule has 1 aliphatic heterocycles. The van der Waals surface area contributed by atoms with Crippen molar-refractivity contribution >= 4 is 40.0 Å². The Kier molecular flexibility index (Phi) is 5.03. The van der Waals surface area contributed by atoms with Gasteiger partial charge in [-0.05, 0) is 49.1 Å². The third-order valence-corrected chi connectivity index (χ3v) is 5.95. The number of primary amides is 1. The number of hydrogen-bond donors (Lipinski definition) is 3. The number of fused-ring (bicyclic) bond motifs is 1. The Bertz CT molecular complexity index is 1280. The van der Waals surface area contributed by atoms with Gasteiger partial charge >= 0.3 is 0 Å². The number of benzene rings is 2. The van der Waals surface area contributed by atoms with Crippen molar-refractivity contribution in [2.24, 2.45) is 11.7 Å². The molecule has 3 aromatic rings. The normalized spacial score (nSPS) is 15.2. The number of nitrogens with zero attached hydrogens (tertiary/aromatic N) is 2. The zero-order chi connectivity index (χ0) is 22.4. The van der Waals surface area contributed by atoms with Gasteiger partial charge in [-0.15, -0.1) is 0 Å². The van der Waals surface area contributed by atoms with Crippen LogP contribution in [0.2, 0.25) is 5.02 Å². The largest absolute Gasteiger partial charge is 0.395 e. The van der Waals surface area contributed by atoms with Crippen LogP contribution in [-0.2, 0) is 16.2 Å². The van der Waals surface area contributed by atoms with Gasteiger partial charge in [-0.2, -0.15) is 0 Å². The van der Waals surface area contributed by atoms with E-state index in [-0.39, 0.29) is 11.8 Å². The molecule has 9 heteroatoms. The molecular weight excluding hydrogens is 430 g/mol. The third-order valence-electron chi connectivity index (χ3n) is 5.66. The Hall–Kier alpha value is -3.49. The van der Waals surface area contributed by atoms with Gasteiger partial charge in [0.1, 0.15) is 6.26 Å². The number of carbonyl (C=O) groups is 2. The van der Waals surface area contributed by atoms with Crippen LogP contribution in [0.3, 0.4) is 0 Å². The minimum atomic E-state index is -0.530. The van der Waals surface area contributed by atoms with Crippen LogP contribution in [0.25, 0.3) is 16.6 Å². The number of hydrogen-bond acceptors (Lipinski definition) is 5. The fourth-order valence-corrected chi connectivity index (χ4v) is 4.18. The summed E-state index contributed by atoms with van der Waals surface area (Å²) in [6.07, 6.45) is 7.87. The number of hydrazine groups is 1. The maximum atomic E-state index is 12.2. The second kappa shape index (κ2) is 7.89. The van der Waals surface area contributed by atoms with Crippen molar-refractivity contribution in [1.82, 2.24) is 15.5 Å². The zero-order valence-electron chi connectivity index (χ0n) is 17.3. The highest BCUT2D eigenvalue weighted by atomic mass is 35.5. The molecule has 1 saturated carbocycles. The Labute approximate surface area is 189 Å². The number of aromatic nitrogens is 1. The lowest BCUT2D eigenvalue weighted by atomic mass is 10.1. The summed E-state index contributed by atoms with van der Waals surface area (Å²) in [6, 6.07) is 9.15. The second-order valence-corrected chi connectivity index (χ2v) is 8.25. The van der Waals surface area contributed by atoms with Crippen LogP contribution in [0, 0.1) is 19.3 Å². The van der Waals surface area contributed by atoms with E-state index in [2.05, 4.69) is 10.9 Å². The van der Waals surface area contributed by atoms with E-state index in [9.17, 15) is 9.59 Å². The molecule has 1 fully saturated rings. The molecule has 4 N–H and O–H groups in total. The molecule has 2 heterocycles. The van der Waals surface area contributed by atoms with Crippen molar-refractivity contribution in [3.05, 3.63) is 77.1 Å². The lowest BCUT2D eigenvalue weighted by Gasteiger charge is -2.19. The highest BCUT2D eigenvalue weighted by Crippen LogP contribution is 2.39. The number of carbonyl (C=O) groups excluding carboxylic acids is 2. The van der Waals surface area contributed by atoms with Crippen LogP contribution in [0.5, 0.6) is 0 Å². The molecule has 1 aliphatic carbocycles. The van der Waals surface area contributed by atoms with Crippen molar-refractivity contribution in [3.8, 4) is 5.69 Å². The van der Waals surface area contributed by atoms with Gasteiger partial charge in [0.15, 0.2) is 0 Å². The zero-order valence-corrected chi connectivity index (χ0v) is 18.0. The van der Waals surface area contributed by atoms with Gasteiger partial charge < -0.3 is 20.5 Å². The van der Waals surface area contributed by atoms with Gasteiger partial charge in [0, 0.05) is 29.6 Å². The first-order chi connectivity index (χ1) is 15.4. The molecule has 0 saturated heterocycles. The van der Waals surface area contributed by atoms with E-state index in [1.165, 1.54) is 6.26 Å². The summed E-state index contributed by atoms with van der Waals surface area (Å²) in [4.78, 5) is 29.2. The molecule has 32 heavy (non-hydrogen) atoms. The number of amides is 2. The number of aryl methyl sites for hydroxylation is 1. The first kappa shape index (κ1) is 20.4. The molecule has 1 aromatic heterocycles. The predicted molar refractivity (Wildman–Crippen MR) is 122 cm³/mol. The van der Waals surface area contributed by atoms with Crippen LogP contribution >= 0.6 is 11.6 Å². The van der Waals surface area contributed by atoms with Gasteiger partial charge in [0.2, 0.25) is 11.8 Å². The molecule has 1 atom stereocenters. The van der Waals surface area contributed by atoms with Gasteiger partial charge in [-0.25, -0.2) is 5.01 Å². The van der Waals surface area contributed by atoms with Crippen molar-refractivity contribution in [3.63, 3.8) is 0 Å². The van der Waals surface area contributed by atoms with E-state index in [4.69, 9.17) is 22.2 Å². The lowest BCUT2D eigenvalue weighted by molar-refractivity contribution is -0.122. The first-order valence-electron chi connectivity index (χ1n) is 10.2. The molecule has 0 bridgehead atoms. The average Bonchev–Trinajstić information content (AvgIpc) is 3.40. The predicted octanol–water partition coefficient (Wildman–Crippen LogP) is 3.26. The Morgan fingerprint density at radius 3 is 2.81 bits per heavy atom. The highest BCUT2D eigenvalue weighted by Gasteiger charge is 2.30. The second-order valence-electron chi connectivity index (χ2n) is 7.84. The fraction of sp³-hybridized carbons (Fsp3) is 0.174. The molecule has 2 amide bonds. The summed E-state index contributed by atoms with van der Waals surface area (Å²) >= 11 is 6.71. The molecule has 0 spiro atoms. The third kappa shape index (κ3) is 3.57. The number of rotatable bonds is 6. The molecular formula is C23H21ClN5O3. The minimum Gasteiger partial charge on any atom is -0.395 e. The van der Waals surface area contributed by atoms with E-state index in [1.54, 1.807) is 35.6 Å². The topological polar surface area (TPSA) is 102 Å². The van der Waals surface area contributed by atoms with Gasteiger partial charge in [-0.3, -0.25) is 9.59 Å². The molecule has 8 nitrogen and oxygen atoms in total. The standard InChI is InChI=1S/C23H21ClN5O3/c1-13-2-7-18-20(21(13)29-8-9-32-27-29)17(24)12-28(18)19-10-15(22(25)30)5-6-16(19)11-26-23(31)14-3-4-14/h2-3,5-10,12,14,27H,4,11H2,1H3,(H2,25,30)(H,26,31). The van der Waals surface area contributed by atoms with Crippen molar-refractivity contribution < 1.29 is 14.4 Å². The fourth-order valence-electron chi connectivity index (χ4n) is 3.89. The number of nitrogens with two attached hydrogens (primary N) is 1. The Morgan fingerprint density at radius 1 is 1.31 bits per heavy atom. The van der Waals surface area contributed by atoms with E-state index in [0.29, 0.717) is 22.8 Å². The molecule has 2 aliphatic rings. The van der Waals surface area contributed by atoms with Gasteiger partial charge in [0.05, 0.1) is 28.1 Å². The minimum absolute atomic E-state index is 0.00451. The number of anilines is 1. The summed E-state index contributed by atoms with van der Waals surface area (Å²) in [6.45, 7) is 2.30. The van der Waals surface area contributed by atoms with E-state index in [1.807, 2.05) is 30.0 Å². The van der Waals surface area contributed by atoms with Crippen LogP contribution in [-0.4, -0.2) is 16.4 Å². The molecule has 1 unspecified atom stereocenters. The summed E-state index contributed by atoms with van der Waals surface area (Å²) in [7, 11) is 0. The van der Waals surface area contributed by atoms with Crippen molar-refractivity contribution in [2.45, 2.75) is 19.9 Å². The SMILES string of the molecule is Cc1ccc2c(c(Cl)cn2-c2cc(C(N)=O)ccc2CNC(=O)C2[CH]C2)c1N1C=CON1. The molecule has 163 valence electrons. The van der Waals surface area contributed by atoms with Crippen LogP contribution in [0.1, 0.15) is 27.9 Å². The average molecular weight is 451 g/mol. The maximum absolute atomic E-state index is 12.2. The van der Waals surface area contributed by atoms with Crippen molar-refractivity contribution in [1.29, 1.82) is 0 Å². The van der Waals surface area contributed by atoms with E-state index in [0.717, 1.165) is 34.1 Å². The molecule has 2 aromatic carbocycles. The smallest absolute Gasteiger partial charge is 0.248 e. The summed E-state index contributed by atoms with van der Waals surface area (Å²) < 4.78 is 1.92. The quantitative estimate of drug-likeness (QED) is 0.535. The summed E-state index contributed by atoms with van der Waals surface area (Å²) in [5.74, 6) is -0.550. The van der Waals surface area contributed by atoms with Gasteiger partial charge in [-0.1, -0.05) is 29.3 Å². The maximum Gasteiger partial charge on any atom is 0.248 e. The number of nitrogens with one attached hydrogen (secondary N) is 2. The van der Waals surface area contributed by atoms with E-state index >= 15 is 0 Å². The summed E-state index contributed by atoms with van der Waals surface area (Å²) in [5.41, 5.74) is 13.0. The summed E-state index contributed by atoms with van der Waals surface area (Å²) in [5, 5.41) is 6.07.